The van der Waals surface area contributed by atoms with Gasteiger partial charge in [0.05, 0.1) is 19.7 Å². The van der Waals surface area contributed by atoms with E-state index in [1.807, 2.05) is 0 Å². The number of nitrogens with one attached hydrogen (secondary N) is 1. The Bertz CT molecular complexity index is 1280. The number of para-hydroxylation sites is 1. The minimum Gasteiger partial charge on any atom is -0.497 e. The fourth-order valence-corrected chi connectivity index (χ4v) is 3.82. The lowest BCUT2D eigenvalue weighted by molar-refractivity contribution is -0.120. The van der Waals surface area contributed by atoms with Gasteiger partial charge in [0.1, 0.15) is 10.6 Å². The van der Waals surface area contributed by atoms with E-state index >= 15 is 0 Å². The van der Waals surface area contributed by atoms with Crippen molar-refractivity contribution in [3.05, 3.63) is 89.5 Å². The van der Waals surface area contributed by atoms with Gasteiger partial charge >= 0.3 is 10.1 Å². The lowest BCUT2D eigenvalue weighted by atomic mass is 10.1. The van der Waals surface area contributed by atoms with E-state index in [2.05, 4.69) is 10.5 Å². The van der Waals surface area contributed by atoms with Crippen LogP contribution >= 0.6 is 0 Å². The fourth-order valence-electron chi connectivity index (χ4n) is 2.87. The minimum atomic E-state index is -4.14. The van der Waals surface area contributed by atoms with Crippen LogP contribution in [0.4, 0.5) is 0 Å². The van der Waals surface area contributed by atoms with Crippen molar-refractivity contribution < 1.29 is 26.9 Å². The maximum absolute atomic E-state index is 12.6. The van der Waals surface area contributed by atoms with Gasteiger partial charge in [-0.05, 0) is 48.9 Å². The second-order valence-corrected chi connectivity index (χ2v) is 8.52. The number of ketones is 1. The van der Waals surface area contributed by atoms with Crippen molar-refractivity contribution in [3.8, 4) is 11.5 Å². The summed E-state index contributed by atoms with van der Waals surface area (Å²) in [7, 11) is -2.59. The van der Waals surface area contributed by atoms with Gasteiger partial charge in [0.15, 0.2) is 11.5 Å². The maximum Gasteiger partial charge on any atom is 0.339 e. The quantitative estimate of drug-likeness (QED) is 0.224. The Morgan fingerprint density at radius 3 is 2.42 bits per heavy atom. The predicted molar refractivity (Wildman–Crippen MR) is 123 cm³/mol. The Kier molecular flexibility index (Phi) is 7.57. The predicted octanol–water partition coefficient (Wildman–Crippen LogP) is 3.36. The molecule has 0 aliphatic carbocycles. The van der Waals surface area contributed by atoms with Gasteiger partial charge in [0.2, 0.25) is 5.91 Å². The molecule has 9 heteroatoms. The highest BCUT2D eigenvalue weighted by molar-refractivity contribution is 7.87. The molecule has 3 aromatic rings. The number of nitrogens with zero attached hydrogens (tertiary/aromatic N) is 1. The highest BCUT2D eigenvalue weighted by atomic mass is 32.2. The summed E-state index contributed by atoms with van der Waals surface area (Å²) in [4.78, 5) is 23.5. The molecule has 0 aromatic heterocycles. The zero-order valence-corrected chi connectivity index (χ0v) is 18.8. The van der Waals surface area contributed by atoms with E-state index < -0.39 is 10.1 Å². The summed E-state index contributed by atoms with van der Waals surface area (Å²) in [5.41, 5.74) is 3.91. The van der Waals surface area contributed by atoms with Gasteiger partial charge in [0, 0.05) is 11.1 Å². The molecule has 8 nitrogen and oxygen atoms in total. The first-order valence-corrected chi connectivity index (χ1v) is 11.3. The summed E-state index contributed by atoms with van der Waals surface area (Å²) in [6.07, 6.45) is 1.39. The van der Waals surface area contributed by atoms with Crippen molar-refractivity contribution in [2.45, 2.75) is 18.2 Å². The Labute approximate surface area is 192 Å². The molecule has 0 aliphatic heterocycles. The maximum atomic E-state index is 12.6. The van der Waals surface area contributed by atoms with E-state index in [-0.39, 0.29) is 28.8 Å². The Hall–Kier alpha value is -3.98. The number of Topliss-reactive ketones (excluding diaryl/α,β-unsaturated/α-hetero) is 1. The molecule has 0 spiro atoms. The van der Waals surface area contributed by atoms with E-state index in [1.165, 1.54) is 43.5 Å². The molecule has 170 valence electrons. The lowest BCUT2D eigenvalue weighted by Crippen LogP contribution is -2.20. The van der Waals surface area contributed by atoms with Crippen molar-refractivity contribution in [2.24, 2.45) is 5.10 Å². The van der Waals surface area contributed by atoms with Gasteiger partial charge in [-0.25, -0.2) is 5.43 Å². The molecule has 0 saturated carbocycles. The molecule has 0 heterocycles. The summed E-state index contributed by atoms with van der Waals surface area (Å²) in [6, 6.07) is 18.9. The molecule has 3 rings (SSSR count). The van der Waals surface area contributed by atoms with E-state index in [1.54, 1.807) is 49.6 Å². The summed E-state index contributed by atoms with van der Waals surface area (Å²) in [5.74, 6) is 0.164. The van der Waals surface area contributed by atoms with Crippen molar-refractivity contribution in [1.29, 1.82) is 0 Å². The summed E-state index contributed by atoms with van der Waals surface area (Å²) < 4.78 is 35.7. The molecule has 0 unspecified atom stereocenters. The van der Waals surface area contributed by atoms with E-state index in [0.29, 0.717) is 16.9 Å². The fraction of sp³-hybridized carbons (Fsp3) is 0.125. The van der Waals surface area contributed by atoms with Crippen molar-refractivity contribution in [3.63, 3.8) is 0 Å². The van der Waals surface area contributed by atoms with Crippen LogP contribution in [0.15, 0.2) is 82.8 Å². The van der Waals surface area contributed by atoms with E-state index in [4.69, 9.17) is 8.92 Å². The lowest BCUT2D eigenvalue weighted by Gasteiger charge is -2.09. The minimum absolute atomic E-state index is 0.0407. The Morgan fingerprint density at radius 1 is 1.00 bits per heavy atom. The molecule has 1 N–H and O–H groups in total. The number of rotatable bonds is 9. The number of hydrogen-bond donors (Lipinski definition) is 1. The number of hydrazone groups is 1. The van der Waals surface area contributed by atoms with Gasteiger partial charge in [-0.3, -0.25) is 9.59 Å². The molecule has 0 fully saturated rings. The highest BCUT2D eigenvalue weighted by Crippen LogP contribution is 2.22. The van der Waals surface area contributed by atoms with Crippen molar-refractivity contribution >= 4 is 28.0 Å². The third-order valence-corrected chi connectivity index (χ3v) is 5.81. The zero-order valence-electron chi connectivity index (χ0n) is 18.0. The van der Waals surface area contributed by atoms with Crippen LogP contribution in [-0.4, -0.2) is 33.4 Å². The van der Waals surface area contributed by atoms with Crippen LogP contribution in [0.3, 0.4) is 0 Å². The Morgan fingerprint density at radius 2 is 1.73 bits per heavy atom. The molecular formula is C24H22N2O6S. The van der Waals surface area contributed by atoms with Crippen LogP contribution in [0.5, 0.6) is 11.5 Å². The molecule has 0 atom stereocenters. The zero-order chi connectivity index (χ0) is 23.8. The average molecular weight is 467 g/mol. The second-order valence-electron chi connectivity index (χ2n) is 6.98. The highest BCUT2D eigenvalue weighted by Gasteiger charge is 2.18. The molecular weight excluding hydrogens is 444 g/mol. The number of methoxy groups -OCH3 is 1. The Balaban J connectivity index is 1.68. The van der Waals surface area contributed by atoms with Gasteiger partial charge in [0.25, 0.3) is 0 Å². The molecule has 3 aromatic carbocycles. The first-order chi connectivity index (χ1) is 15.8. The third kappa shape index (κ3) is 6.50. The first-order valence-electron chi connectivity index (χ1n) is 9.88. The standard InChI is InChI=1S/C24H22N2O6S/c1-17(27)19-10-12-22(13-11-19)33(29,30)32-23-9-4-3-7-20(23)16-25-26-24(28)15-18-6-5-8-21(14-18)31-2/h3-14,16H,15H2,1-2H3,(H,26,28). The molecule has 1 amide bonds. The van der Waals surface area contributed by atoms with Crippen LogP contribution in [0, 0.1) is 0 Å². The van der Waals surface area contributed by atoms with Gasteiger partial charge in [-0.1, -0.05) is 36.4 Å². The van der Waals surface area contributed by atoms with Gasteiger partial charge < -0.3 is 8.92 Å². The summed E-state index contributed by atoms with van der Waals surface area (Å²) in [5, 5.41) is 3.91. The van der Waals surface area contributed by atoms with Gasteiger partial charge in [-0.15, -0.1) is 0 Å². The van der Waals surface area contributed by atoms with Crippen molar-refractivity contribution in [1.82, 2.24) is 5.43 Å². The molecule has 0 saturated heterocycles. The van der Waals surface area contributed by atoms with E-state index in [9.17, 15) is 18.0 Å². The first kappa shape index (κ1) is 23.7. The number of amides is 1. The average Bonchev–Trinajstić information content (AvgIpc) is 2.80. The number of carbonyl (C=O) groups excluding carboxylic acids is 2. The van der Waals surface area contributed by atoms with Crippen LogP contribution in [0.25, 0.3) is 0 Å². The van der Waals surface area contributed by atoms with E-state index in [0.717, 1.165) is 5.56 Å². The number of benzene rings is 3. The normalized spacial score (nSPS) is 11.2. The van der Waals surface area contributed by atoms with Crippen LogP contribution in [0.2, 0.25) is 0 Å². The summed E-state index contributed by atoms with van der Waals surface area (Å²) in [6.45, 7) is 1.39. The molecule has 0 radical (unpaired) electrons. The SMILES string of the molecule is COc1cccc(CC(=O)NN=Cc2ccccc2OS(=O)(=O)c2ccc(C(C)=O)cc2)c1. The van der Waals surface area contributed by atoms with Gasteiger partial charge in [-0.2, -0.15) is 13.5 Å². The van der Waals surface area contributed by atoms with Crippen LogP contribution < -0.4 is 14.3 Å². The summed E-state index contributed by atoms with van der Waals surface area (Å²) >= 11 is 0. The van der Waals surface area contributed by atoms with Crippen molar-refractivity contribution in [2.75, 3.05) is 7.11 Å². The van der Waals surface area contributed by atoms with Crippen LogP contribution in [-0.2, 0) is 21.3 Å². The number of ether oxygens (including phenoxy) is 1. The monoisotopic (exact) mass is 466 g/mol. The second kappa shape index (κ2) is 10.6. The largest absolute Gasteiger partial charge is 0.497 e. The van der Waals surface area contributed by atoms with Crippen LogP contribution in [0.1, 0.15) is 28.4 Å². The molecule has 33 heavy (non-hydrogen) atoms. The smallest absolute Gasteiger partial charge is 0.339 e. The topological polar surface area (TPSA) is 111 Å². The third-order valence-electron chi connectivity index (χ3n) is 4.56. The number of hydrogen-bond acceptors (Lipinski definition) is 7. The molecule has 0 aliphatic rings. The number of carbonyl (C=O) groups is 2. The molecule has 0 bridgehead atoms.